The Labute approximate surface area is 67.6 Å². The zero-order valence-electron chi connectivity index (χ0n) is 7.05. The molecule has 2 heteroatoms. The predicted molar refractivity (Wildman–Crippen MR) is 42.4 cm³/mol. The van der Waals surface area contributed by atoms with Crippen molar-refractivity contribution in [3.8, 4) is 0 Å². The van der Waals surface area contributed by atoms with E-state index in [1.807, 2.05) is 0 Å². The van der Waals surface area contributed by atoms with E-state index in [2.05, 4.69) is 6.92 Å². The Morgan fingerprint density at radius 2 is 2.18 bits per heavy atom. The van der Waals surface area contributed by atoms with Crippen LogP contribution in [0.5, 0.6) is 0 Å². The average molecular weight is 156 g/mol. The molecule has 0 aliphatic carbocycles. The van der Waals surface area contributed by atoms with Gasteiger partial charge in [0.05, 0.1) is 17.8 Å². The first-order valence-corrected chi connectivity index (χ1v) is 4.55. The summed E-state index contributed by atoms with van der Waals surface area (Å²) in [5.41, 5.74) is 0.0994. The molecule has 11 heavy (non-hydrogen) atoms. The molecule has 1 N–H and O–H groups in total. The standard InChI is InChI=1S/C9H16O2/c1-9-5-2-3-8(11-9)7(10)4-6-9/h7-8,10H,2-6H2,1H3/t7-,8-,9+/m0/s1. The molecule has 2 aliphatic heterocycles. The molecular formula is C9H16O2. The molecule has 2 rings (SSSR count). The zero-order valence-corrected chi connectivity index (χ0v) is 7.05. The first-order valence-electron chi connectivity index (χ1n) is 4.55. The van der Waals surface area contributed by atoms with Gasteiger partial charge in [-0.05, 0) is 39.0 Å². The van der Waals surface area contributed by atoms with Crippen LogP contribution in [0, 0.1) is 0 Å². The molecule has 0 amide bonds. The molecule has 64 valence electrons. The molecule has 0 spiro atoms. The quantitative estimate of drug-likeness (QED) is 0.575. The number of aliphatic hydroxyl groups is 1. The second-order valence-electron chi connectivity index (χ2n) is 4.10. The van der Waals surface area contributed by atoms with Crippen LogP contribution in [0.4, 0.5) is 0 Å². The second-order valence-corrected chi connectivity index (χ2v) is 4.10. The summed E-state index contributed by atoms with van der Waals surface area (Å²) in [5.74, 6) is 0. The lowest BCUT2D eigenvalue weighted by Gasteiger charge is -2.45. The third-order valence-electron chi connectivity index (χ3n) is 3.03. The minimum atomic E-state index is -0.191. The van der Waals surface area contributed by atoms with Crippen LogP contribution >= 0.6 is 0 Å². The number of fused-ring (bicyclic) bond motifs is 2. The lowest BCUT2D eigenvalue weighted by molar-refractivity contribution is -0.192. The van der Waals surface area contributed by atoms with E-state index in [4.69, 9.17) is 4.74 Å². The van der Waals surface area contributed by atoms with Gasteiger partial charge in [-0.3, -0.25) is 0 Å². The average Bonchev–Trinajstić information content (AvgIpc) is 1.99. The van der Waals surface area contributed by atoms with Crippen molar-refractivity contribution in [3.05, 3.63) is 0 Å². The molecule has 0 aromatic rings. The molecule has 2 bridgehead atoms. The monoisotopic (exact) mass is 156 g/mol. The third-order valence-corrected chi connectivity index (χ3v) is 3.03. The van der Waals surface area contributed by atoms with Gasteiger partial charge in [0.25, 0.3) is 0 Å². The van der Waals surface area contributed by atoms with Crippen molar-refractivity contribution in [2.45, 2.75) is 56.8 Å². The molecule has 2 nitrogen and oxygen atoms in total. The second kappa shape index (κ2) is 2.46. The Hall–Kier alpha value is -0.0800. The van der Waals surface area contributed by atoms with Crippen LogP contribution < -0.4 is 0 Å². The van der Waals surface area contributed by atoms with E-state index in [1.54, 1.807) is 0 Å². The Kier molecular flexibility index (Phi) is 1.69. The van der Waals surface area contributed by atoms with Crippen molar-refractivity contribution in [1.82, 2.24) is 0 Å². The van der Waals surface area contributed by atoms with Crippen LogP contribution in [-0.2, 0) is 4.74 Å². The molecule has 2 fully saturated rings. The van der Waals surface area contributed by atoms with Crippen LogP contribution in [-0.4, -0.2) is 22.9 Å². The summed E-state index contributed by atoms with van der Waals surface area (Å²) in [5, 5.41) is 9.51. The van der Waals surface area contributed by atoms with Gasteiger partial charge in [0.2, 0.25) is 0 Å². The molecule has 2 heterocycles. The number of hydrogen-bond donors (Lipinski definition) is 1. The molecule has 0 unspecified atom stereocenters. The van der Waals surface area contributed by atoms with E-state index in [-0.39, 0.29) is 17.8 Å². The fraction of sp³-hybridized carbons (Fsp3) is 1.00. The minimum Gasteiger partial charge on any atom is -0.390 e. The van der Waals surface area contributed by atoms with Crippen LogP contribution in [0.1, 0.15) is 39.0 Å². The van der Waals surface area contributed by atoms with Crippen molar-refractivity contribution in [1.29, 1.82) is 0 Å². The summed E-state index contributed by atoms with van der Waals surface area (Å²) < 4.78 is 5.77. The van der Waals surface area contributed by atoms with Crippen LogP contribution in [0.15, 0.2) is 0 Å². The molecule has 3 atom stereocenters. The van der Waals surface area contributed by atoms with Crippen molar-refractivity contribution in [2.24, 2.45) is 0 Å². The molecule has 2 saturated heterocycles. The van der Waals surface area contributed by atoms with Gasteiger partial charge >= 0.3 is 0 Å². The minimum absolute atomic E-state index is 0.0994. The highest BCUT2D eigenvalue weighted by Gasteiger charge is 2.40. The first-order chi connectivity index (χ1) is 5.20. The van der Waals surface area contributed by atoms with E-state index < -0.39 is 0 Å². The molecular weight excluding hydrogens is 140 g/mol. The summed E-state index contributed by atoms with van der Waals surface area (Å²) in [6.07, 6.45) is 5.36. The highest BCUT2D eigenvalue weighted by atomic mass is 16.5. The van der Waals surface area contributed by atoms with Crippen LogP contribution in [0.2, 0.25) is 0 Å². The maximum Gasteiger partial charge on any atom is 0.0841 e. The van der Waals surface area contributed by atoms with E-state index in [1.165, 1.54) is 12.8 Å². The summed E-state index contributed by atoms with van der Waals surface area (Å²) in [7, 11) is 0. The van der Waals surface area contributed by atoms with Crippen LogP contribution in [0.3, 0.4) is 0 Å². The van der Waals surface area contributed by atoms with E-state index in [9.17, 15) is 5.11 Å². The molecule has 0 aromatic carbocycles. The Balaban J connectivity index is 2.09. The van der Waals surface area contributed by atoms with Gasteiger partial charge in [0.1, 0.15) is 0 Å². The Morgan fingerprint density at radius 1 is 1.36 bits per heavy atom. The maximum absolute atomic E-state index is 9.51. The third kappa shape index (κ3) is 1.30. The number of aliphatic hydroxyl groups excluding tert-OH is 1. The van der Waals surface area contributed by atoms with E-state index in [0.717, 1.165) is 19.3 Å². The summed E-state index contributed by atoms with van der Waals surface area (Å²) in [6, 6.07) is 0. The van der Waals surface area contributed by atoms with Crippen LogP contribution in [0.25, 0.3) is 0 Å². The topological polar surface area (TPSA) is 29.5 Å². The Morgan fingerprint density at radius 3 is 2.91 bits per heavy atom. The molecule has 0 aromatic heterocycles. The fourth-order valence-corrected chi connectivity index (χ4v) is 2.25. The van der Waals surface area contributed by atoms with Crippen molar-refractivity contribution < 1.29 is 9.84 Å². The summed E-state index contributed by atoms with van der Waals surface area (Å²) in [6.45, 7) is 2.17. The smallest absolute Gasteiger partial charge is 0.0841 e. The number of rotatable bonds is 0. The van der Waals surface area contributed by atoms with Gasteiger partial charge in [-0.15, -0.1) is 0 Å². The summed E-state index contributed by atoms with van der Waals surface area (Å²) >= 11 is 0. The predicted octanol–water partition coefficient (Wildman–Crippen LogP) is 1.47. The van der Waals surface area contributed by atoms with Gasteiger partial charge in [0.15, 0.2) is 0 Å². The largest absolute Gasteiger partial charge is 0.390 e. The van der Waals surface area contributed by atoms with Gasteiger partial charge in [-0.1, -0.05) is 0 Å². The number of ether oxygens (including phenoxy) is 1. The lowest BCUT2D eigenvalue weighted by atomic mass is 9.82. The highest BCUT2D eigenvalue weighted by molar-refractivity contribution is 4.90. The molecule has 0 radical (unpaired) electrons. The number of hydrogen-bond acceptors (Lipinski definition) is 2. The van der Waals surface area contributed by atoms with Gasteiger partial charge in [-0.25, -0.2) is 0 Å². The van der Waals surface area contributed by atoms with E-state index in [0.29, 0.717) is 0 Å². The van der Waals surface area contributed by atoms with Crippen molar-refractivity contribution >= 4 is 0 Å². The fourth-order valence-electron chi connectivity index (χ4n) is 2.25. The van der Waals surface area contributed by atoms with E-state index >= 15 is 0 Å². The zero-order chi connectivity index (χ0) is 7.90. The SMILES string of the molecule is C[C@]12CCC[C@H](O1)[C@@H](O)CC2. The van der Waals surface area contributed by atoms with Gasteiger partial charge < -0.3 is 9.84 Å². The summed E-state index contributed by atoms with van der Waals surface area (Å²) in [4.78, 5) is 0. The normalized spacial score (nSPS) is 50.7. The van der Waals surface area contributed by atoms with Gasteiger partial charge in [0, 0.05) is 0 Å². The first kappa shape index (κ1) is 7.56. The maximum atomic E-state index is 9.51. The Bertz CT molecular complexity index is 158. The highest BCUT2D eigenvalue weighted by Crippen LogP contribution is 2.38. The van der Waals surface area contributed by atoms with Crippen molar-refractivity contribution in [2.75, 3.05) is 0 Å². The lowest BCUT2D eigenvalue weighted by Crippen LogP contribution is -2.48. The molecule has 0 saturated carbocycles. The molecule has 2 aliphatic rings. The van der Waals surface area contributed by atoms with Crippen molar-refractivity contribution in [3.63, 3.8) is 0 Å². The van der Waals surface area contributed by atoms with Gasteiger partial charge in [-0.2, -0.15) is 0 Å².